The number of benzene rings is 1. The molecule has 112 valence electrons. The van der Waals surface area contributed by atoms with Crippen LogP contribution in [0, 0.1) is 6.92 Å². The standard InChI is InChI=1S/C17H24N4/c1-4-5-11-21(3)16-12-14(2)19-17(20-16)18-13-15-9-7-6-8-10-15/h6-10,12H,4-5,11,13H2,1-3H3,(H,18,19,20). The summed E-state index contributed by atoms with van der Waals surface area (Å²) >= 11 is 0. The highest BCUT2D eigenvalue weighted by atomic mass is 15.2. The second kappa shape index (κ2) is 7.62. The minimum atomic E-state index is 0.692. The third-order valence-electron chi connectivity index (χ3n) is 3.37. The van der Waals surface area contributed by atoms with E-state index in [1.807, 2.05) is 31.2 Å². The first-order chi connectivity index (χ1) is 10.2. The third kappa shape index (κ3) is 4.74. The summed E-state index contributed by atoms with van der Waals surface area (Å²) in [6.45, 7) is 5.96. The fraction of sp³-hybridized carbons (Fsp3) is 0.412. The molecule has 4 nitrogen and oxygen atoms in total. The Bertz CT molecular complexity index is 554. The van der Waals surface area contributed by atoms with E-state index in [-0.39, 0.29) is 0 Å². The molecule has 0 unspecified atom stereocenters. The maximum Gasteiger partial charge on any atom is 0.225 e. The van der Waals surface area contributed by atoms with Gasteiger partial charge in [0.05, 0.1) is 0 Å². The molecule has 0 fully saturated rings. The van der Waals surface area contributed by atoms with Gasteiger partial charge in [0, 0.05) is 31.9 Å². The Labute approximate surface area is 127 Å². The minimum Gasteiger partial charge on any atom is -0.360 e. The van der Waals surface area contributed by atoms with Crippen LogP contribution < -0.4 is 10.2 Å². The van der Waals surface area contributed by atoms with Crippen LogP contribution in [0.3, 0.4) is 0 Å². The van der Waals surface area contributed by atoms with Crippen molar-refractivity contribution in [3.05, 3.63) is 47.7 Å². The molecular formula is C17H24N4. The predicted octanol–water partition coefficient (Wildman–Crippen LogP) is 3.63. The summed E-state index contributed by atoms with van der Waals surface area (Å²) < 4.78 is 0. The van der Waals surface area contributed by atoms with Gasteiger partial charge in [0.1, 0.15) is 5.82 Å². The molecule has 2 rings (SSSR count). The normalized spacial score (nSPS) is 10.4. The molecule has 0 saturated carbocycles. The van der Waals surface area contributed by atoms with Gasteiger partial charge in [-0.3, -0.25) is 0 Å². The third-order valence-corrected chi connectivity index (χ3v) is 3.37. The monoisotopic (exact) mass is 284 g/mol. The summed E-state index contributed by atoms with van der Waals surface area (Å²) in [7, 11) is 2.08. The molecule has 0 spiro atoms. The van der Waals surface area contributed by atoms with Crippen molar-refractivity contribution in [3.8, 4) is 0 Å². The molecule has 0 saturated heterocycles. The molecule has 0 bridgehead atoms. The van der Waals surface area contributed by atoms with Gasteiger partial charge < -0.3 is 10.2 Å². The van der Waals surface area contributed by atoms with Crippen molar-refractivity contribution in [3.63, 3.8) is 0 Å². The number of nitrogens with one attached hydrogen (secondary N) is 1. The summed E-state index contributed by atoms with van der Waals surface area (Å²) in [4.78, 5) is 11.3. The number of anilines is 2. The lowest BCUT2D eigenvalue weighted by atomic mass is 10.2. The molecule has 2 aromatic rings. The summed E-state index contributed by atoms with van der Waals surface area (Å²) in [6, 6.07) is 12.3. The molecule has 1 heterocycles. The Hall–Kier alpha value is -2.10. The number of unbranched alkanes of at least 4 members (excludes halogenated alkanes) is 1. The number of hydrogen-bond acceptors (Lipinski definition) is 4. The van der Waals surface area contributed by atoms with Gasteiger partial charge in [0.25, 0.3) is 0 Å². The molecule has 0 atom stereocenters. The van der Waals surface area contributed by atoms with Gasteiger partial charge in [-0.1, -0.05) is 43.7 Å². The van der Waals surface area contributed by atoms with Crippen LogP contribution in [-0.4, -0.2) is 23.6 Å². The Kier molecular flexibility index (Phi) is 5.55. The summed E-state index contributed by atoms with van der Waals surface area (Å²) in [5, 5.41) is 3.30. The largest absolute Gasteiger partial charge is 0.360 e. The van der Waals surface area contributed by atoms with Crippen molar-refractivity contribution in [2.24, 2.45) is 0 Å². The average Bonchev–Trinajstić information content (AvgIpc) is 2.51. The van der Waals surface area contributed by atoms with E-state index in [0.29, 0.717) is 5.95 Å². The van der Waals surface area contributed by atoms with Crippen LogP contribution >= 0.6 is 0 Å². The average molecular weight is 284 g/mol. The Balaban J connectivity index is 2.04. The van der Waals surface area contributed by atoms with E-state index >= 15 is 0 Å². The van der Waals surface area contributed by atoms with Crippen LogP contribution in [0.15, 0.2) is 36.4 Å². The van der Waals surface area contributed by atoms with Gasteiger partial charge >= 0.3 is 0 Å². The fourth-order valence-corrected chi connectivity index (χ4v) is 2.11. The quantitative estimate of drug-likeness (QED) is 0.843. The van der Waals surface area contributed by atoms with Crippen molar-refractivity contribution in [2.75, 3.05) is 23.8 Å². The van der Waals surface area contributed by atoms with E-state index in [1.165, 1.54) is 18.4 Å². The van der Waals surface area contributed by atoms with Gasteiger partial charge in [-0.15, -0.1) is 0 Å². The van der Waals surface area contributed by atoms with Gasteiger partial charge in [0.15, 0.2) is 0 Å². The van der Waals surface area contributed by atoms with E-state index in [9.17, 15) is 0 Å². The van der Waals surface area contributed by atoms with Crippen LogP contribution in [0.25, 0.3) is 0 Å². The highest BCUT2D eigenvalue weighted by Gasteiger charge is 2.06. The topological polar surface area (TPSA) is 41.1 Å². The van der Waals surface area contributed by atoms with E-state index in [4.69, 9.17) is 0 Å². The fourth-order valence-electron chi connectivity index (χ4n) is 2.11. The molecule has 0 aliphatic carbocycles. The molecule has 0 radical (unpaired) electrons. The van der Waals surface area contributed by atoms with Gasteiger partial charge in [-0.05, 0) is 18.9 Å². The van der Waals surface area contributed by atoms with Gasteiger partial charge in [-0.25, -0.2) is 4.98 Å². The molecule has 0 aliphatic rings. The first-order valence-electron chi connectivity index (χ1n) is 7.53. The summed E-state index contributed by atoms with van der Waals surface area (Å²) in [5.74, 6) is 1.67. The first kappa shape index (κ1) is 15.3. The van der Waals surface area contributed by atoms with Crippen molar-refractivity contribution in [1.29, 1.82) is 0 Å². The zero-order valence-electron chi connectivity index (χ0n) is 13.1. The summed E-state index contributed by atoms with van der Waals surface area (Å²) in [5.41, 5.74) is 2.21. The predicted molar refractivity (Wildman–Crippen MR) is 88.7 cm³/mol. The van der Waals surface area contributed by atoms with Crippen LogP contribution in [-0.2, 0) is 6.54 Å². The Morgan fingerprint density at radius 3 is 2.62 bits per heavy atom. The van der Waals surface area contributed by atoms with Crippen molar-refractivity contribution in [2.45, 2.75) is 33.2 Å². The van der Waals surface area contributed by atoms with E-state index in [0.717, 1.165) is 24.6 Å². The highest BCUT2D eigenvalue weighted by Crippen LogP contribution is 2.14. The number of nitrogens with zero attached hydrogens (tertiary/aromatic N) is 3. The Morgan fingerprint density at radius 1 is 1.14 bits per heavy atom. The van der Waals surface area contributed by atoms with Crippen LogP contribution in [0.5, 0.6) is 0 Å². The smallest absolute Gasteiger partial charge is 0.225 e. The molecular weight excluding hydrogens is 260 g/mol. The van der Waals surface area contributed by atoms with Crippen molar-refractivity contribution < 1.29 is 0 Å². The first-order valence-corrected chi connectivity index (χ1v) is 7.53. The lowest BCUT2D eigenvalue weighted by Crippen LogP contribution is -2.20. The van der Waals surface area contributed by atoms with Gasteiger partial charge in [0.2, 0.25) is 5.95 Å². The molecule has 1 aromatic heterocycles. The summed E-state index contributed by atoms with van der Waals surface area (Å²) in [6.07, 6.45) is 2.36. The molecule has 21 heavy (non-hydrogen) atoms. The number of aromatic nitrogens is 2. The van der Waals surface area contributed by atoms with Crippen LogP contribution in [0.4, 0.5) is 11.8 Å². The van der Waals surface area contributed by atoms with E-state index in [2.05, 4.69) is 46.3 Å². The second-order valence-electron chi connectivity index (χ2n) is 5.31. The van der Waals surface area contributed by atoms with Gasteiger partial charge in [-0.2, -0.15) is 4.98 Å². The second-order valence-corrected chi connectivity index (χ2v) is 5.31. The van der Waals surface area contributed by atoms with Crippen molar-refractivity contribution >= 4 is 11.8 Å². The SMILES string of the molecule is CCCCN(C)c1cc(C)nc(NCc2ccccc2)n1. The van der Waals surface area contributed by atoms with E-state index in [1.54, 1.807) is 0 Å². The van der Waals surface area contributed by atoms with E-state index < -0.39 is 0 Å². The minimum absolute atomic E-state index is 0.692. The van der Waals surface area contributed by atoms with Crippen LogP contribution in [0.1, 0.15) is 31.0 Å². The molecule has 0 amide bonds. The lowest BCUT2D eigenvalue weighted by Gasteiger charge is -2.19. The molecule has 1 N–H and O–H groups in total. The molecule has 4 heteroatoms. The highest BCUT2D eigenvalue weighted by molar-refractivity contribution is 5.44. The zero-order valence-corrected chi connectivity index (χ0v) is 13.1. The number of rotatable bonds is 7. The maximum absolute atomic E-state index is 4.61. The van der Waals surface area contributed by atoms with Crippen LogP contribution in [0.2, 0.25) is 0 Å². The Morgan fingerprint density at radius 2 is 1.90 bits per heavy atom. The number of hydrogen-bond donors (Lipinski definition) is 1. The molecule has 0 aliphatic heterocycles. The van der Waals surface area contributed by atoms with Crippen molar-refractivity contribution in [1.82, 2.24) is 9.97 Å². The lowest BCUT2D eigenvalue weighted by molar-refractivity contribution is 0.757. The molecule has 1 aromatic carbocycles. The maximum atomic E-state index is 4.61. The number of aryl methyl sites for hydroxylation is 1. The zero-order chi connectivity index (χ0) is 15.1.